The van der Waals surface area contributed by atoms with Gasteiger partial charge in [0.05, 0.1) is 32.7 Å². The lowest BCUT2D eigenvalue weighted by atomic mass is 9.80. The maximum atomic E-state index is 15.3. The molecule has 0 radical (unpaired) electrons. The van der Waals surface area contributed by atoms with E-state index in [4.69, 9.17) is 42.6 Å². The highest BCUT2D eigenvalue weighted by Gasteiger charge is 2.48. The van der Waals surface area contributed by atoms with Crippen LogP contribution in [0.4, 0.5) is 28.0 Å². The van der Waals surface area contributed by atoms with Gasteiger partial charge >= 0.3 is 24.4 Å². The fourth-order valence-corrected chi connectivity index (χ4v) is 10.2. The first kappa shape index (κ1) is 72.3. The van der Waals surface area contributed by atoms with E-state index >= 15 is 8.78 Å². The number of hydrogen-bond acceptors (Lipinski definition) is 16. The van der Waals surface area contributed by atoms with Crippen molar-refractivity contribution in [1.82, 2.24) is 35.3 Å². The lowest BCUT2D eigenvalue weighted by molar-refractivity contribution is -0.127. The average Bonchev–Trinajstić information content (AvgIpc) is 1.63. The molecule has 0 spiro atoms. The largest absolute Gasteiger partial charge is 0.497 e. The van der Waals surface area contributed by atoms with Gasteiger partial charge in [-0.05, 0) is 156 Å². The minimum atomic E-state index is -1.42. The highest BCUT2D eigenvalue weighted by Crippen LogP contribution is 2.44. The molecule has 5 amide bonds. The molecule has 1 aliphatic heterocycles. The summed E-state index contributed by atoms with van der Waals surface area (Å²) >= 11 is 0. The van der Waals surface area contributed by atoms with Gasteiger partial charge in [0.2, 0.25) is 5.91 Å². The fraction of sp³-hybridized carbons (Fsp3) is 0.552. The standard InChI is InChI=1S/C67H93F2N7O15/c1-63(2,3)88-59(79)71-33-19-37-74(61(81)90-65(7,8)9)36-18-24-51(75(62(82)91-66(10,11)12)38-20-34-72-60(80)89-64(4,5)6)57(78)70-35-21-39-85-56-55(77)53(87-58(56)76-43-73-54-50(69)40-47(68)41-52(54)76)42-86-67(44-22-16-15-17-23-44,45-25-29-48(83-13)30-26-45)46-27-31-49(84-14)32-28-46/h15-17,22-23,25-32,40-41,43,51,53,55-56,58,77H,18-21,24,33-39,42H2,1-14H3,(H,70,78)(H,71,79)(H,72,80)/t51?,53-,55-,56-,58-/m1/s1. The van der Waals surface area contributed by atoms with Crippen LogP contribution < -0.4 is 25.4 Å². The molecule has 0 bridgehead atoms. The van der Waals surface area contributed by atoms with Crippen molar-refractivity contribution in [1.29, 1.82) is 0 Å². The van der Waals surface area contributed by atoms with Gasteiger partial charge in [0.1, 0.15) is 75.2 Å². The minimum absolute atomic E-state index is 0.0129. The second kappa shape index (κ2) is 32.0. The van der Waals surface area contributed by atoms with Gasteiger partial charge in [0, 0.05) is 58.0 Å². The van der Waals surface area contributed by atoms with Crippen molar-refractivity contribution in [3.63, 3.8) is 0 Å². The number of benzene rings is 4. The van der Waals surface area contributed by atoms with E-state index < -0.39 is 101 Å². The van der Waals surface area contributed by atoms with Crippen LogP contribution in [0.15, 0.2) is 97.3 Å². The summed E-state index contributed by atoms with van der Waals surface area (Å²) in [5.74, 6) is -1.11. The van der Waals surface area contributed by atoms with E-state index in [1.54, 1.807) is 97.3 Å². The Bertz CT molecular complexity index is 3110. The summed E-state index contributed by atoms with van der Waals surface area (Å²) in [5.41, 5.74) is -2.56. The van der Waals surface area contributed by atoms with E-state index in [2.05, 4.69) is 20.9 Å². The number of rotatable bonds is 28. The first-order valence-electron chi connectivity index (χ1n) is 30.8. The van der Waals surface area contributed by atoms with E-state index in [0.29, 0.717) is 29.0 Å². The van der Waals surface area contributed by atoms with Crippen LogP contribution in [0.5, 0.6) is 11.5 Å². The molecule has 6 rings (SSSR count). The Hall–Kier alpha value is -7.80. The number of carbonyl (C=O) groups is 5. The number of ether oxygens (including phenoxy) is 9. The first-order valence-corrected chi connectivity index (χ1v) is 30.8. The molecule has 1 aliphatic rings. The van der Waals surface area contributed by atoms with Crippen LogP contribution in [-0.4, -0.2) is 168 Å². The smallest absolute Gasteiger partial charge is 0.410 e. The van der Waals surface area contributed by atoms with Gasteiger partial charge in [-0.2, -0.15) is 0 Å². The highest BCUT2D eigenvalue weighted by molar-refractivity contribution is 5.86. The Morgan fingerprint density at radius 2 is 1.14 bits per heavy atom. The molecule has 4 aromatic carbocycles. The predicted molar refractivity (Wildman–Crippen MR) is 337 cm³/mol. The highest BCUT2D eigenvalue weighted by atomic mass is 19.1. The molecular formula is C67H93F2N7O15. The number of aliphatic hydroxyl groups excluding tert-OH is 1. The van der Waals surface area contributed by atoms with Crippen molar-refractivity contribution >= 4 is 41.3 Å². The second-order valence-electron chi connectivity index (χ2n) is 26.1. The van der Waals surface area contributed by atoms with Crippen molar-refractivity contribution in [3.05, 3.63) is 126 Å². The topological polar surface area (TPSA) is 249 Å². The van der Waals surface area contributed by atoms with Crippen LogP contribution >= 0.6 is 0 Å². The van der Waals surface area contributed by atoms with Crippen molar-refractivity contribution in [2.24, 2.45) is 0 Å². The number of nitrogens with one attached hydrogen (secondary N) is 3. The normalized spacial score (nSPS) is 16.5. The summed E-state index contributed by atoms with van der Waals surface area (Å²) in [5, 5.41) is 20.8. The van der Waals surface area contributed by atoms with Crippen LogP contribution in [-0.2, 0) is 43.6 Å². The molecule has 1 aromatic heterocycles. The van der Waals surface area contributed by atoms with Crippen molar-refractivity contribution < 1.29 is 80.5 Å². The molecule has 0 saturated carbocycles. The fourth-order valence-electron chi connectivity index (χ4n) is 10.2. The number of aliphatic hydroxyl groups is 1. The number of halogens is 2. The summed E-state index contributed by atoms with van der Waals surface area (Å²) in [7, 11) is 3.14. The monoisotopic (exact) mass is 1270 g/mol. The number of amides is 5. The van der Waals surface area contributed by atoms with Gasteiger partial charge in [0.15, 0.2) is 12.0 Å². The molecule has 91 heavy (non-hydrogen) atoms. The number of fused-ring (bicyclic) bond motifs is 1. The number of imidazole rings is 1. The molecule has 5 aromatic rings. The Labute approximate surface area is 532 Å². The zero-order valence-corrected chi connectivity index (χ0v) is 55.0. The first-order chi connectivity index (χ1) is 42.8. The molecule has 24 heteroatoms. The molecule has 1 saturated heterocycles. The number of alkyl carbamates (subject to hydrolysis) is 2. The lowest BCUT2D eigenvalue weighted by Crippen LogP contribution is -2.52. The average molecular weight is 1270 g/mol. The molecule has 22 nitrogen and oxygen atoms in total. The summed E-state index contributed by atoms with van der Waals surface area (Å²) in [6, 6.07) is 25.0. The van der Waals surface area contributed by atoms with Crippen molar-refractivity contribution in [2.75, 3.05) is 66.7 Å². The molecule has 4 N–H and O–H groups in total. The van der Waals surface area contributed by atoms with E-state index in [1.165, 1.54) is 20.7 Å². The van der Waals surface area contributed by atoms with Crippen LogP contribution in [0.2, 0.25) is 0 Å². The van der Waals surface area contributed by atoms with Crippen LogP contribution in [0.25, 0.3) is 11.0 Å². The van der Waals surface area contributed by atoms with Gasteiger partial charge in [-0.25, -0.2) is 32.9 Å². The van der Waals surface area contributed by atoms with Crippen molar-refractivity contribution in [3.8, 4) is 11.5 Å². The minimum Gasteiger partial charge on any atom is -0.497 e. The van der Waals surface area contributed by atoms with Gasteiger partial charge in [-0.1, -0.05) is 54.6 Å². The summed E-state index contributed by atoms with van der Waals surface area (Å²) < 4.78 is 85.4. The predicted octanol–water partition coefficient (Wildman–Crippen LogP) is 10.9. The number of nitrogens with zero attached hydrogens (tertiary/aromatic N) is 4. The van der Waals surface area contributed by atoms with E-state index in [9.17, 15) is 29.1 Å². The number of methoxy groups -OCH3 is 2. The lowest BCUT2D eigenvalue weighted by Gasteiger charge is -2.37. The molecule has 1 fully saturated rings. The van der Waals surface area contributed by atoms with Crippen LogP contribution in [0, 0.1) is 11.6 Å². The van der Waals surface area contributed by atoms with Crippen LogP contribution in [0.3, 0.4) is 0 Å². The summed E-state index contributed by atoms with van der Waals surface area (Å²) in [6.45, 7) is 20.8. The third kappa shape index (κ3) is 21.4. The molecular weight excluding hydrogens is 1180 g/mol. The zero-order chi connectivity index (χ0) is 66.9. The Balaban J connectivity index is 1.25. The van der Waals surface area contributed by atoms with E-state index in [0.717, 1.165) is 17.7 Å². The van der Waals surface area contributed by atoms with E-state index in [1.807, 2.05) is 78.9 Å². The van der Waals surface area contributed by atoms with Crippen molar-refractivity contribution in [2.45, 2.75) is 174 Å². The van der Waals surface area contributed by atoms with Gasteiger partial charge in [-0.15, -0.1) is 0 Å². The van der Waals surface area contributed by atoms with Gasteiger partial charge < -0.3 is 73.2 Å². The summed E-state index contributed by atoms with van der Waals surface area (Å²) in [6.07, 6.45) is -5.49. The van der Waals surface area contributed by atoms with E-state index in [-0.39, 0.29) is 89.2 Å². The quantitative estimate of drug-likeness (QED) is 0.0206. The molecule has 2 heterocycles. The summed E-state index contributed by atoms with van der Waals surface area (Å²) in [4.78, 5) is 74.8. The second-order valence-corrected chi connectivity index (χ2v) is 26.1. The number of carbonyl (C=O) groups excluding carboxylic acids is 5. The van der Waals surface area contributed by atoms with Gasteiger partial charge in [-0.3, -0.25) is 9.69 Å². The third-order valence-electron chi connectivity index (χ3n) is 14.1. The maximum absolute atomic E-state index is 15.3. The Kier molecular flexibility index (Phi) is 25.4. The Morgan fingerprint density at radius 1 is 0.637 bits per heavy atom. The Morgan fingerprint density at radius 3 is 1.68 bits per heavy atom. The number of hydrogen-bond donors (Lipinski definition) is 4. The van der Waals surface area contributed by atoms with Gasteiger partial charge in [0.25, 0.3) is 0 Å². The molecule has 1 unspecified atom stereocenters. The zero-order valence-electron chi connectivity index (χ0n) is 55.0. The third-order valence-corrected chi connectivity index (χ3v) is 14.1. The molecule has 5 atom stereocenters. The van der Waals surface area contributed by atoms with Crippen LogP contribution in [0.1, 0.15) is 138 Å². The molecule has 0 aliphatic carbocycles. The SMILES string of the molecule is COc1ccc(C(OC[C@H]2O[C@@H](n3cnc4c(F)cc(F)cc43)[C@H](OCCCNC(=O)C(CCCN(CCCNC(=O)OC(C)(C)C)C(=O)OC(C)(C)C)N(CCCNC(=O)OC(C)(C)C)C(=O)OC(C)(C)C)[C@@H]2O)(c2ccccc2)c2ccc(OC)cc2)cc1. The number of aromatic nitrogens is 2. The maximum Gasteiger partial charge on any atom is 0.410 e. The molecule has 500 valence electrons.